The van der Waals surface area contributed by atoms with Gasteiger partial charge in [-0.1, -0.05) is 12.2 Å². The standard InChI is InChI=1S/C13H24O4.C3H7NO/c1-4-5-6-7-9(2)16-13-12(15)8-11(14)10(3)17-13;1-2-4-3-5/h4-5,9-15H,6-8H2,1-3H3;3H,2H2,1H3,(H,4,5)/b5-4+;/t9-,10+,11?,12-,13?;/m1./s1. The molecule has 1 heterocycles. The number of ether oxygens (including phenoxy) is 2. The zero-order chi connectivity index (χ0) is 17.0. The first kappa shape index (κ1) is 21.0. The largest absolute Gasteiger partial charge is 0.390 e. The lowest BCUT2D eigenvalue weighted by Gasteiger charge is -2.36. The van der Waals surface area contributed by atoms with Crippen molar-refractivity contribution in [2.75, 3.05) is 6.54 Å². The van der Waals surface area contributed by atoms with Crippen LogP contribution in [0.5, 0.6) is 0 Å². The summed E-state index contributed by atoms with van der Waals surface area (Å²) in [6.45, 7) is 8.34. The SMILES string of the molecule is C/C=C/CC[C@@H](C)OC1O[C@@H](C)C(O)C[C@H]1O.CCNC=O. The van der Waals surface area contributed by atoms with E-state index in [9.17, 15) is 15.0 Å². The second kappa shape index (κ2) is 12.6. The molecule has 130 valence electrons. The van der Waals surface area contributed by atoms with Gasteiger partial charge in [0.2, 0.25) is 6.41 Å². The average Bonchev–Trinajstić information content (AvgIpc) is 2.46. The van der Waals surface area contributed by atoms with Crippen molar-refractivity contribution >= 4 is 6.41 Å². The van der Waals surface area contributed by atoms with Crippen LogP contribution in [0, 0.1) is 0 Å². The summed E-state index contributed by atoms with van der Waals surface area (Å²) in [5, 5.41) is 21.7. The number of carbonyl (C=O) groups is 1. The molecule has 1 fully saturated rings. The summed E-state index contributed by atoms with van der Waals surface area (Å²) in [5.74, 6) is 0. The van der Waals surface area contributed by atoms with Crippen molar-refractivity contribution in [2.24, 2.45) is 0 Å². The molecule has 22 heavy (non-hydrogen) atoms. The predicted molar refractivity (Wildman–Crippen MR) is 85.3 cm³/mol. The Morgan fingerprint density at radius 3 is 2.59 bits per heavy atom. The molecule has 0 aromatic heterocycles. The van der Waals surface area contributed by atoms with Crippen molar-refractivity contribution in [3.63, 3.8) is 0 Å². The summed E-state index contributed by atoms with van der Waals surface area (Å²) >= 11 is 0. The van der Waals surface area contributed by atoms with Crippen LogP contribution in [0.4, 0.5) is 0 Å². The zero-order valence-electron chi connectivity index (χ0n) is 14.1. The molecular weight excluding hydrogens is 286 g/mol. The van der Waals surface area contributed by atoms with Gasteiger partial charge in [-0.2, -0.15) is 0 Å². The Labute approximate surface area is 133 Å². The lowest BCUT2D eigenvalue weighted by Crippen LogP contribution is -2.48. The van der Waals surface area contributed by atoms with E-state index < -0.39 is 18.5 Å². The van der Waals surface area contributed by atoms with Gasteiger partial charge in [0.15, 0.2) is 6.29 Å². The maximum absolute atomic E-state index is 9.75. The minimum atomic E-state index is -0.745. The van der Waals surface area contributed by atoms with Gasteiger partial charge in [-0.05, 0) is 40.5 Å². The van der Waals surface area contributed by atoms with E-state index in [-0.39, 0.29) is 12.2 Å². The van der Waals surface area contributed by atoms with Gasteiger partial charge in [0.25, 0.3) is 0 Å². The first-order valence-corrected chi connectivity index (χ1v) is 7.91. The molecule has 0 aromatic rings. The minimum Gasteiger partial charge on any atom is -0.390 e. The molecule has 1 saturated heterocycles. The van der Waals surface area contributed by atoms with Gasteiger partial charge in [0.1, 0.15) is 6.10 Å². The van der Waals surface area contributed by atoms with E-state index in [1.165, 1.54) is 0 Å². The van der Waals surface area contributed by atoms with Crippen molar-refractivity contribution in [2.45, 2.75) is 77.7 Å². The fourth-order valence-corrected chi connectivity index (χ4v) is 1.94. The average molecular weight is 317 g/mol. The van der Waals surface area contributed by atoms with Gasteiger partial charge >= 0.3 is 0 Å². The Hall–Kier alpha value is -0.950. The van der Waals surface area contributed by atoms with E-state index in [0.717, 1.165) is 19.4 Å². The summed E-state index contributed by atoms with van der Waals surface area (Å²) in [7, 11) is 0. The molecule has 1 aliphatic rings. The number of hydrogen-bond donors (Lipinski definition) is 3. The molecular formula is C16H31NO5. The number of hydrogen-bond acceptors (Lipinski definition) is 5. The Balaban J connectivity index is 0.000000763. The molecule has 3 N–H and O–H groups in total. The molecule has 0 spiro atoms. The summed E-state index contributed by atoms with van der Waals surface area (Å²) in [6, 6.07) is 0. The lowest BCUT2D eigenvalue weighted by atomic mass is 10.0. The molecule has 0 bridgehead atoms. The highest BCUT2D eigenvalue weighted by Crippen LogP contribution is 2.22. The number of aliphatic hydroxyl groups excluding tert-OH is 2. The molecule has 0 radical (unpaired) electrons. The van der Waals surface area contributed by atoms with Gasteiger partial charge < -0.3 is 25.0 Å². The quantitative estimate of drug-likeness (QED) is 0.487. The van der Waals surface area contributed by atoms with Gasteiger partial charge in [0, 0.05) is 13.0 Å². The van der Waals surface area contributed by atoms with Crippen LogP contribution in [-0.4, -0.2) is 53.9 Å². The van der Waals surface area contributed by atoms with E-state index >= 15 is 0 Å². The third kappa shape index (κ3) is 9.15. The maximum atomic E-state index is 9.75. The Morgan fingerprint density at radius 2 is 2.09 bits per heavy atom. The number of amides is 1. The third-order valence-corrected chi connectivity index (χ3v) is 3.32. The third-order valence-electron chi connectivity index (χ3n) is 3.32. The van der Waals surface area contributed by atoms with Crippen molar-refractivity contribution in [1.29, 1.82) is 0 Å². The van der Waals surface area contributed by atoms with Gasteiger partial charge in [-0.25, -0.2) is 0 Å². The van der Waals surface area contributed by atoms with E-state index in [2.05, 4.69) is 11.4 Å². The Bertz CT molecular complexity index is 311. The highest BCUT2D eigenvalue weighted by Gasteiger charge is 2.35. The highest BCUT2D eigenvalue weighted by molar-refractivity contribution is 5.45. The van der Waals surface area contributed by atoms with E-state index in [4.69, 9.17) is 9.47 Å². The van der Waals surface area contributed by atoms with Crippen molar-refractivity contribution in [1.82, 2.24) is 5.32 Å². The van der Waals surface area contributed by atoms with Crippen LogP contribution in [0.3, 0.4) is 0 Å². The van der Waals surface area contributed by atoms with Crippen LogP contribution in [0.1, 0.15) is 47.0 Å². The van der Waals surface area contributed by atoms with Crippen molar-refractivity contribution < 1.29 is 24.5 Å². The first-order valence-electron chi connectivity index (χ1n) is 7.91. The Morgan fingerprint density at radius 1 is 1.41 bits per heavy atom. The lowest BCUT2D eigenvalue weighted by molar-refractivity contribution is -0.273. The van der Waals surface area contributed by atoms with E-state index in [0.29, 0.717) is 12.8 Å². The number of nitrogens with one attached hydrogen (secondary N) is 1. The first-order chi connectivity index (χ1) is 10.5. The summed E-state index contributed by atoms with van der Waals surface area (Å²) < 4.78 is 11.1. The van der Waals surface area contributed by atoms with Crippen LogP contribution in [0.2, 0.25) is 0 Å². The zero-order valence-corrected chi connectivity index (χ0v) is 14.1. The smallest absolute Gasteiger partial charge is 0.207 e. The monoisotopic (exact) mass is 317 g/mol. The molecule has 1 amide bonds. The molecule has 6 heteroatoms. The molecule has 0 aliphatic carbocycles. The molecule has 2 unspecified atom stereocenters. The van der Waals surface area contributed by atoms with Crippen molar-refractivity contribution in [3.05, 3.63) is 12.2 Å². The topological polar surface area (TPSA) is 88.0 Å². The Kier molecular flexibility index (Phi) is 12.0. The molecule has 0 aromatic carbocycles. The van der Waals surface area contributed by atoms with Crippen LogP contribution < -0.4 is 5.32 Å². The van der Waals surface area contributed by atoms with Gasteiger partial charge in [0.05, 0.1) is 18.3 Å². The summed E-state index contributed by atoms with van der Waals surface area (Å²) in [6.07, 6.45) is 4.73. The van der Waals surface area contributed by atoms with E-state index in [1.807, 2.05) is 26.8 Å². The van der Waals surface area contributed by atoms with Crippen molar-refractivity contribution in [3.8, 4) is 0 Å². The second-order valence-electron chi connectivity index (χ2n) is 5.35. The van der Waals surface area contributed by atoms with E-state index in [1.54, 1.807) is 6.92 Å². The fraction of sp³-hybridized carbons (Fsp3) is 0.812. The molecule has 0 saturated carbocycles. The normalized spacial score (nSPS) is 29.5. The minimum absolute atomic E-state index is 0.0355. The van der Waals surface area contributed by atoms with Crippen LogP contribution in [0.15, 0.2) is 12.2 Å². The highest BCUT2D eigenvalue weighted by atomic mass is 16.7. The summed E-state index contributed by atoms with van der Waals surface area (Å²) in [5.41, 5.74) is 0. The number of rotatable bonds is 7. The van der Waals surface area contributed by atoms with Gasteiger partial charge in [-0.3, -0.25) is 4.79 Å². The number of carbonyl (C=O) groups excluding carboxylic acids is 1. The number of allylic oxidation sites excluding steroid dienone is 2. The molecule has 6 nitrogen and oxygen atoms in total. The second-order valence-corrected chi connectivity index (χ2v) is 5.35. The molecule has 1 rings (SSSR count). The number of aliphatic hydroxyl groups is 2. The summed E-state index contributed by atoms with van der Waals surface area (Å²) in [4.78, 5) is 9.29. The predicted octanol–water partition coefficient (Wildman–Crippen LogP) is 1.36. The molecule has 1 aliphatic heterocycles. The van der Waals surface area contributed by atoms with Gasteiger partial charge in [-0.15, -0.1) is 0 Å². The molecule has 5 atom stereocenters. The maximum Gasteiger partial charge on any atom is 0.207 e. The van der Waals surface area contributed by atoms with Crippen LogP contribution in [0.25, 0.3) is 0 Å². The van der Waals surface area contributed by atoms with Crippen LogP contribution >= 0.6 is 0 Å². The fourth-order valence-electron chi connectivity index (χ4n) is 1.94. The van der Waals surface area contributed by atoms with Crippen LogP contribution in [-0.2, 0) is 14.3 Å².